The summed E-state index contributed by atoms with van der Waals surface area (Å²) in [6.45, 7) is 2.10. The van der Waals surface area contributed by atoms with Crippen LogP contribution >= 0.6 is 0 Å². The number of carboxylic acids is 1. The Hall–Kier alpha value is -2.29. The van der Waals surface area contributed by atoms with Crippen molar-refractivity contribution in [3.05, 3.63) is 0 Å². The molecule has 0 fully saturated rings. The van der Waals surface area contributed by atoms with Gasteiger partial charge < -0.3 is 5.11 Å². The zero-order valence-corrected chi connectivity index (χ0v) is 12.0. The molecule has 104 valence electrons. The maximum absolute atomic E-state index is 10.2. The number of unbranched alkanes of at least 4 members (excludes halogenated alkanes) is 2. The van der Waals surface area contributed by atoms with Crippen molar-refractivity contribution in [2.75, 3.05) is 0 Å². The first-order valence-corrected chi connectivity index (χ1v) is 6.82. The molecular weight excluding hydrogens is 248 g/mol. The lowest BCUT2D eigenvalue weighted by Gasteiger charge is -1.86. The van der Waals surface area contributed by atoms with E-state index in [1.807, 2.05) is 0 Å². The first-order chi connectivity index (χ1) is 9.77. The standard InChI is InChI=1S/C18H20O2/c1-2-3-4-5-6-7-8-9-10-11-12-13-14-15-16-17-18(19)20/h2-3,6,9,12,15-17H2,1H3,(H,19,20). The van der Waals surface area contributed by atoms with Crippen LogP contribution in [0.5, 0.6) is 0 Å². The predicted octanol–water partition coefficient (Wildman–Crippen LogP) is 3.23. The normalized spacial score (nSPS) is 7.65. The molecule has 0 rings (SSSR count). The summed E-state index contributed by atoms with van der Waals surface area (Å²) in [6, 6.07) is 0. The Balaban J connectivity index is 3.60. The van der Waals surface area contributed by atoms with Crippen molar-refractivity contribution in [3.63, 3.8) is 0 Å². The van der Waals surface area contributed by atoms with Gasteiger partial charge in [-0.3, -0.25) is 4.79 Å². The summed E-state index contributed by atoms with van der Waals surface area (Å²) in [5, 5.41) is 8.43. The predicted molar refractivity (Wildman–Crippen MR) is 81.3 cm³/mol. The SMILES string of the molecule is CCCC#CCC#CCC#CCC#CCCCC(=O)O. The third-order valence-electron chi connectivity index (χ3n) is 2.10. The van der Waals surface area contributed by atoms with E-state index in [-0.39, 0.29) is 6.42 Å². The zero-order chi connectivity index (χ0) is 14.9. The Morgan fingerprint density at radius 2 is 1.25 bits per heavy atom. The summed E-state index contributed by atoms with van der Waals surface area (Å²) >= 11 is 0. The van der Waals surface area contributed by atoms with Crippen molar-refractivity contribution in [2.24, 2.45) is 0 Å². The minimum absolute atomic E-state index is 0.178. The number of aliphatic carboxylic acids is 1. The van der Waals surface area contributed by atoms with Gasteiger partial charge in [0.15, 0.2) is 0 Å². The number of carbonyl (C=O) groups is 1. The summed E-state index contributed by atoms with van der Waals surface area (Å²) in [6.07, 6.45) is 5.10. The maximum Gasteiger partial charge on any atom is 0.303 e. The Morgan fingerprint density at radius 1 is 0.800 bits per heavy atom. The molecule has 0 saturated carbocycles. The topological polar surface area (TPSA) is 37.3 Å². The Kier molecular flexibility index (Phi) is 13.1. The maximum atomic E-state index is 10.2. The van der Waals surface area contributed by atoms with Crippen LogP contribution < -0.4 is 0 Å². The molecule has 2 nitrogen and oxygen atoms in total. The summed E-state index contributed by atoms with van der Waals surface area (Å²) < 4.78 is 0. The van der Waals surface area contributed by atoms with Crippen LogP contribution in [0.1, 0.15) is 58.3 Å². The van der Waals surface area contributed by atoms with Gasteiger partial charge in [-0.1, -0.05) is 42.4 Å². The highest BCUT2D eigenvalue weighted by Crippen LogP contribution is 1.92. The van der Waals surface area contributed by atoms with Crippen molar-refractivity contribution in [2.45, 2.75) is 58.3 Å². The van der Waals surface area contributed by atoms with Gasteiger partial charge in [0, 0.05) is 19.3 Å². The molecule has 0 aliphatic heterocycles. The Labute approximate surface area is 122 Å². The second kappa shape index (κ2) is 14.8. The highest BCUT2D eigenvalue weighted by atomic mass is 16.4. The van der Waals surface area contributed by atoms with Gasteiger partial charge in [0.25, 0.3) is 0 Å². The smallest absolute Gasteiger partial charge is 0.303 e. The molecule has 20 heavy (non-hydrogen) atoms. The average molecular weight is 268 g/mol. The van der Waals surface area contributed by atoms with Crippen LogP contribution in [0.25, 0.3) is 0 Å². The molecule has 0 aromatic carbocycles. The number of rotatable bonds is 4. The molecule has 0 amide bonds. The van der Waals surface area contributed by atoms with Gasteiger partial charge in [-0.15, -0.1) is 11.8 Å². The molecule has 1 N–H and O–H groups in total. The number of hydrogen-bond donors (Lipinski definition) is 1. The minimum Gasteiger partial charge on any atom is -0.481 e. The molecule has 0 atom stereocenters. The van der Waals surface area contributed by atoms with Crippen LogP contribution in [0.15, 0.2) is 0 Å². The highest BCUT2D eigenvalue weighted by molar-refractivity contribution is 5.66. The lowest BCUT2D eigenvalue weighted by Crippen LogP contribution is -1.92. The molecule has 0 bridgehead atoms. The van der Waals surface area contributed by atoms with Gasteiger partial charge in [-0.25, -0.2) is 0 Å². The monoisotopic (exact) mass is 268 g/mol. The fraction of sp³-hybridized carbons (Fsp3) is 0.500. The fourth-order valence-corrected chi connectivity index (χ4v) is 1.14. The van der Waals surface area contributed by atoms with E-state index in [9.17, 15) is 4.79 Å². The van der Waals surface area contributed by atoms with E-state index in [1.54, 1.807) is 0 Å². The number of carboxylic acid groups (broad SMARTS) is 1. The molecule has 0 aromatic rings. The molecule has 2 heteroatoms. The Bertz CT molecular complexity index is 513. The van der Waals surface area contributed by atoms with Crippen LogP contribution in [-0.4, -0.2) is 11.1 Å². The lowest BCUT2D eigenvalue weighted by molar-refractivity contribution is -0.137. The van der Waals surface area contributed by atoms with Crippen molar-refractivity contribution < 1.29 is 9.90 Å². The molecular formula is C18H20O2. The highest BCUT2D eigenvalue weighted by Gasteiger charge is 1.92. The average Bonchev–Trinajstić information content (AvgIpc) is 2.43. The van der Waals surface area contributed by atoms with Crippen LogP contribution in [-0.2, 0) is 4.79 Å². The van der Waals surface area contributed by atoms with E-state index in [2.05, 4.69) is 54.3 Å². The minimum atomic E-state index is -0.774. The molecule has 0 aromatic heterocycles. The molecule has 0 aliphatic carbocycles. The van der Waals surface area contributed by atoms with Crippen molar-refractivity contribution >= 4 is 5.97 Å². The van der Waals surface area contributed by atoms with E-state index in [1.165, 1.54) is 0 Å². The van der Waals surface area contributed by atoms with Gasteiger partial charge >= 0.3 is 5.97 Å². The third kappa shape index (κ3) is 15.7. The quantitative estimate of drug-likeness (QED) is 0.628. The van der Waals surface area contributed by atoms with Gasteiger partial charge in [0.1, 0.15) is 0 Å². The fourth-order valence-electron chi connectivity index (χ4n) is 1.14. The summed E-state index contributed by atoms with van der Waals surface area (Å²) in [7, 11) is 0. The van der Waals surface area contributed by atoms with Gasteiger partial charge in [0.2, 0.25) is 0 Å². The summed E-state index contributed by atoms with van der Waals surface area (Å²) in [5.41, 5.74) is 0. The van der Waals surface area contributed by atoms with Crippen LogP contribution in [0, 0.1) is 47.4 Å². The third-order valence-corrected chi connectivity index (χ3v) is 2.10. The summed E-state index contributed by atoms with van der Waals surface area (Å²) in [5.74, 6) is 22.8. The van der Waals surface area contributed by atoms with E-state index in [0.29, 0.717) is 32.1 Å². The first kappa shape index (κ1) is 17.7. The van der Waals surface area contributed by atoms with Crippen molar-refractivity contribution in [1.29, 1.82) is 0 Å². The van der Waals surface area contributed by atoms with Crippen LogP contribution in [0.4, 0.5) is 0 Å². The Morgan fingerprint density at radius 3 is 1.70 bits per heavy atom. The molecule has 0 spiro atoms. The molecule has 0 unspecified atom stereocenters. The van der Waals surface area contributed by atoms with Crippen molar-refractivity contribution in [3.8, 4) is 47.4 Å². The molecule has 0 aliphatic rings. The molecule has 0 saturated heterocycles. The lowest BCUT2D eigenvalue weighted by atomic mass is 10.2. The second-order valence-electron chi connectivity index (χ2n) is 3.94. The summed E-state index contributed by atoms with van der Waals surface area (Å²) in [4.78, 5) is 10.2. The van der Waals surface area contributed by atoms with Crippen LogP contribution in [0.2, 0.25) is 0 Å². The second-order valence-corrected chi connectivity index (χ2v) is 3.94. The van der Waals surface area contributed by atoms with Gasteiger partial charge in [0.05, 0.1) is 19.3 Å². The van der Waals surface area contributed by atoms with Crippen molar-refractivity contribution in [1.82, 2.24) is 0 Å². The zero-order valence-electron chi connectivity index (χ0n) is 12.0. The first-order valence-electron chi connectivity index (χ1n) is 6.82. The van der Waals surface area contributed by atoms with E-state index < -0.39 is 5.97 Å². The van der Waals surface area contributed by atoms with E-state index >= 15 is 0 Å². The van der Waals surface area contributed by atoms with E-state index in [4.69, 9.17) is 5.11 Å². The van der Waals surface area contributed by atoms with E-state index in [0.717, 1.165) is 12.8 Å². The van der Waals surface area contributed by atoms with Crippen LogP contribution in [0.3, 0.4) is 0 Å². The molecule has 0 radical (unpaired) electrons. The number of hydrogen-bond acceptors (Lipinski definition) is 1. The largest absolute Gasteiger partial charge is 0.481 e. The molecule has 0 heterocycles. The van der Waals surface area contributed by atoms with Gasteiger partial charge in [-0.05, 0) is 12.8 Å². The van der Waals surface area contributed by atoms with Gasteiger partial charge in [-0.2, -0.15) is 0 Å².